The summed E-state index contributed by atoms with van der Waals surface area (Å²) in [7, 11) is 0. The Morgan fingerprint density at radius 3 is 2.68 bits per heavy atom. The zero-order valence-electron chi connectivity index (χ0n) is 12.3. The van der Waals surface area contributed by atoms with Crippen LogP contribution in [-0.2, 0) is 9.53 Å². The number of hydrogen-bond donors (Lipinski definition) is 0. The average molecular weight is 286 g/mol. The van der Waals surface area contributed by atoms with Gasteiger partial charge in [0.1, 0.15) is 0 Å². The van der Waals surface area contributed by atoms with Gasteiger partial charge in [0.25, 0.3) is 0 Å². The first-order valence-corrected chi connectivity index (χ1v) is 8.62. The van der Waals surface area contributed by atoms with Gasteiger partial charge >= 0.3 is 0 Å². The Bertz CT molecular complexity index is 308. The van der Waals surface area contributed by atoms with Crippen molar-refractivity contribution in [2.24, 2.45) is 11.8 Å². The molecule has 0 saturated carbocycles. The summed E-state index contributed by atoms with van der Waals surface area (Å²) >= 11 is 1.75. The lowest BCUT2D eigenvalue weighted by Crippen LogP contribution is -2.47. The topological polar surface area (TPSA) is 32.8 Å². The molecule has 0 unspecified atom stereocenters. The fourth-order valence-electron chi connectivity index (χ4n) is 3.15. The third-order valence-electron chi connectivity index (χ3n) is 4.24. The van der Waals surface area contributed by atoms with Crippen LogP contribution in [0.5, 0.6) is 0 Å². The maximum atomic E-state index is 12.4. The molecule has 2 rings (SSSR count). The molecule has 2 heterocycles. The van der Waals surface area contributed by atoms with E-state index < -0.39 is 0 Å². The second-order valence-electron chi connectivity index (χ2n) is 5.79. The smallest absolute Gasteiger partial charge is 0.226 e. The van der Waals surface area contributed by atoms with E-state index in [1.54, 1.807) is 11.8 Å². The highest BCUT2D eigenvalue weighted by Crippen LogP contribution is 2.24. The van der Waals surface area contributed by atoms with Crippen LogP contribution in [0, 0.1) is 11.8 Å². The Labute approximate surface area is 120 Å². The highest BCUT2D eigenvalue weighted by molar-refractivity contribution is 7.98. The van der Waals surface area contributed by atoms with Crippen molar-refractivity contribution in [2.45, 2.75) is 19.9 Å². The number of amides is 1. The number of carbonyl (C=O) groups is 1. The van der Waals surface area contributed by atoms with Gasteiger partial charge in [0.15, 0.2) is 0 Å². The number of likely N-dealkylation sites (tertiary alicyclic amines) is 1. The van der Waals surface area contributed by atoms with Crippen molar-refractivity contribution in [1.82, 2.24) is 9.80 Å². The standard InChI is InChI=1S/C14H26N2O2S/c1-11-8-16(14(17)12(2)10-19-3)9-13(11)15-4-6-18-7-5-15/h11-13H,4-10H2,1-3H3/t11-,12-,13-/m0/s1. The summed E-state index contributed by atoms with van der Waals surface area (Å²) in [5.74, 6) is 1.97. The first-order valence-electron chi connectivity index (χ1n) is 7.23. The predicted octanol–water partition coefficient (Wildman–Crippen LogP) is 1.16. The molecule has 0 radical (unpaired) electrons. The van der Waals surface area contributed by atoms with Crippen molar-refractivity contribution < 1.29 is 9.53 Å². The number of thioether (sulfide) groups is 1. The summed E-state index contributed by atoms with van der Waals surface area (Å²) < 4.78 is 5.41. The van der Waals surface area contributed by atoms with Crippen molar-refractivity contribution >= 4 is 17.7 Å². The zero-order chi connectivity index (χ0) is 13.8. The van der Waals surface area contributed by atoms with Crippen molar-refractivity contribution in [3.8, 4) is 0 Å². The summed E-state index contributed by atoms with van der Waals surface area (Å²) in [6, 6.07) is 0.523. The van der Waals surface area contributed by atoms with Crippen molar-refractivity contribution in [2.75, 3.05) is 51.4 Å². The molecule has 2 fully saturated rings. The van der Waals surface area contributed by atoms with Gasteiger partial charge in [-0.3, -0.25) is 9.69 Å². The molecule has 0 aromatic heterocycles. The minimum atomic E-state index is 0.144. The summed E-state index contributed by atoms with van der Waals surface area (Å²) in [6.45, 7) is 9.82. The number of ether oxygens (including phenoxy) is 1. The van der Waals surface area contributed by atoms with Gasteiger partial charge in [-0.1, -0.05) is 13.8 Å². The normalized spacial score (nSPS) is 30.6. The highest BCUT2D eigenvalue weighted by atomic mass is 32.2. The monoisotopic (exact) mass is 286 g/mol. The maximum Gasteiger partial charge on any atom is 0.226 e. The van der Waals surface area contributed by atoms with Crippen LogP contribution in [0.25, 0.3) is 0 Å². The first kappa shape index (κ1) is 15.1. The van der Waals surface area contributed by atoms with Gasteiger partial charge < -0.3 is 9.64 Å². The van der Waals surface area contributed by atoms with Gasteiger partial charge in [-0.25, -0.2) is 0 Å². The van der Waals surface area contributed by atoms with E-state index in [0.29, 0.717) is 17.9 Å². The van der Waals surface area contributed by atoms with Crippen molar-refractivity contribution in [3.05, 3.63) is 0 Å². The van der Waals surface area contributed by atoms with E-state index >= 15 is 0 Å². The quantitative estimate of drug-likeness (QED) is 0.776. The van der Waals surface area contributed by atoms with Crippen LogP contribution in [0.4, 0.5) is 0 Å². The molecule has 1 amide bonds. The van der Waals surface area contributed by atoms with E-state index in [9.17, 15) is 4.79 Å². The second-order valence-corrected chi connectivity index (χ2v) is 6.70. The van der Waals surface area contributed by atoms with E-state index in [-0.39, 0.29) is 5.92 Å². The van der Waals surface area contributed by atoms with Gasteiger partial charge in [0, 0.05) is 43.9 Å². The molecule has 0 aromatic carbocycles. The Balaban J connectivity index is 1.90. The number of hydrogen-bond acceptors (Lipinski definition) is 4. The minimum absolute atomic E-state index is 0.144. The van der Waals surface area contributed by atoms with E-state index in [0.717, 1.165) is 45.1 Å². The molecule has 0 aromatic rings. The predicted molar refractivity (Wildman–Crippen MR) is 79.5 cm³/mol. The number of rotatable bonds is 4. The third kappa shape index (κ3) is 3.64. The Morgan fingerprint density at radius 1 is 1.37 bits per heavy atom. The second kappa shape index (κ2) is 6.95. The van der Waals surface area contributed by atoms with E-state index in [2.05, 4.69) is 23.0 Å². The lowest BCUT2D eigenvalue weighted by Gasteiger charge is -2.34. The summed E-state index contributed by atoms with van der Waals surface area (Å²) in [4.78, 5) is 17.0. The van der Waals surface area contributed by atoms with E-state index in [1.165, 1.54) is 0 Å². The van der Waals surface area contributed by atoms with Gasteiger partial charge in [-0.05, 0) is 12.2 Å². The van der Waals surface area contributed by atoms with Gasteiger partial charge in [-0.2, -0.15) is 11.8 Å². The van der Waals surface area contributed by atoms with Crippen molar-refractivity contribution in [1.29, 1.82) is 0 Å². The molecular weight excluding hydrogens is 260 g/mol. The Morgan fingerprint density at radius 2 is 2.05 bits per heavy atom. The molecule has 0 bridgehead atoms. The fraction of sp³-hybridized carbons (Fsp3) is 0.929. The molecule has 19 heavy (non-hydrogen) atoms. The molecule has 0 spiro atoms. The molecule has 110 valence electrons. The number of nitrogens with zero attached hydrogens (tertiary/aromatic N) is 2. The van der Waals surface area contributed by atoms with Crippen LogP contribution in [-0.4, -0.2) is 73.2 Å². The van der Waals surface area contributed by atoms with Crippen LogP contribution in [0.15, 0.2) is 0 Å². The lowest BCUT2D eigenvalue weighted by molar-refractivity contribution is -0.133. The molecule has 4 nitrogen and oxygen atoms in total. The van der Waals surface area contributed by atoms with Crippen LogP contribution >= 0.6 is 11.8 Å². The molecule has 2 saturated heterocycles. The molecule has 0 aliphatic carbocycles. The molecular formula is C14H26N2O2S. The number of carbonyl (C=O) groups excluding carboxylic acids is 1. The Hall–Kier alpha value is -0.260. The fourth-order valence-corrected chi connectivity index (χ4v) is 3.79. The zero-order valence-corrected chi connectivity index (χ0v) is 13.1. The molecule has 2 aliphatic heterocycles. The summed E-state index contributed by atoms with van der Waals surface area (Å²) in [5.41, 5.74) is 0. The van der Waals surface area contributed by atoms with Gasteiger partial charge in [-0.15, -0.1) is 0 Å². The summed E-state index contributed by atoms with van der Waals surface area (Å²) in [5, 5.41) is 0. The van der Waals surface area contributed by atoms with E-state index in [1.807, 2.05) is 6.92 Å². The van der Waals surface area contributed by atoms with Crippen LogP contribution in [0.2, 0.25) is 0 Å². The van der Waals surface area contributed by atoms with Gasteiger partial charge in [0.2, 0.25) is 5.91 Å². The largest absolute Gasteiger partial charge is 0.379 e. The maximum absolute atomic E-state index is 12.4. The Kier molecular flexibility index (Phi) is 5.54. The third-order valence-corrected chi connectivity index (χ3v) is 5.07. The average Bonchev–Trinajstić information content (AvgIpc) is 2.81. The molecule has 5 heteroatoms. The first-order chi connectivity index (χ1) is 9.13. The molecule has 2 aliphatic rings. The molecule has 0 N–H and O–H groups in total. The SMILES string of the molecule is CSC[C@H](C)C(=O)N1C[C@H](C)[C@@H](N2CCOCC2)C1. The molecule has 3 atom stereocenters. The number of morpholine rings is 1. The summed E-state index contributed by atoms with van der Waals surface area (Å²) in [6.07, 6.45) is 2.06. The van der Waals surface area contributed by atoms with Crippen LogP contribution in [0.1, 0.15) is 13.8 Å². The van der Waals surface area contributed by atoms with Gasteiger partial charge in [0.05, 0.1) is 13.2 Å². The van der Waals surface area contributed by atoms with E-state index in [4.69, 9.17) is 4.74 Å². The minimum Gasteiger partial charge on any atom is -0.379 e. The highest BCUT2D eigenvalue weighted by Gasteiger charge is 2.37. The lowest BCUT2D eigenvalue weighted by atomic mass is 10.0. The van der Waals surface area contributed by atoms with Crippen LogP contribution in [0.3, 0.4) is 0 Å². The van der Waals surface area contributed by atoms with Crippen LogP contribution < -0.4 is 0 Å². The van der Waals surface area contributed by atoms with Crippen molar-refractivity contribution in [3.63, 3.8) is 0 Å².